The highest BCUT2D eigenvalue weighted by Crippen LogP contribution is 2.32. The van der Waals surface area contributed by atoms with E-state index in [1.54, 1.807) is 60.5 Å². The zero-order valence-corrected chi connectivity index (χ0v) is 18.0. The number of ether oxygens (including phenoxy) is 1. The van der Waals surface area contributed by atoms with Crippen molar-refractivity contribution in [3.8, 4) is 11.8 Å². The van der Waals surface area contributed by atoms with Crippen molar-refractivity contribution in [3.63, 3.8) is 0 Å². The first-order valence-corrected chi connectivity index (χ1v) is 10.9. The lowest BCUT2D eigenvalue weighted by Gasteiger charge is -2.37. The van der Waals surface area contributed by atoms with Crippen LogP contribution in [0.2, 0.25) is 0 Å². The summed E-state index contributed by atoms with van der Waals surface area (Å²) in [5.41, 5.74) is 1.33. The first-order valence-electron chi connectivity index (χ1n) is 10.9. The average molecular weight is 431 g/mol. The molecular formula is C25H25N3O4. The van der Waals surface area contributed by atoms with E-state index in [1.165, 1.54) is 0 Å². The zero-order chi connectivity index (χ0) is 22.7. The number of imide groups is 1. The van der Waals surface area contributed by atoms with Crippen molar-refractivity contribution >= 4 is 23.4 Å². The van der Waals surface area contributed by atoms with Crippen molar-refractivity contribution in [2.75, 3.05) is 12.0 Å². The second kappa shape index (κ2) is 9.23. The molecule has 1 heterocycles. The van der Waals surface area contributed by atoms with Gasteiger partial charge in [0.05, 0.1) is 30.9 Å². The molecule has 0 spiro atoms. The van der Waals surface area contributed by atoms with Crippen LogP contribution in [0.3, 0.4) is 0 Å². The molecule has 1 atom stereocenters. The van der Waals surface area contributed by atoms with Crippen LogP contribution in [0.15, 0.2) is 48.5 Å². The van der Waals surface area contributed by atoms with Gasteiger partial charge in [0.1, 0.15) is 11.8 Å². The van der Waals surface area contributed by atoms with Crippen LogP contribution >= 0.6 is 0 Å². The minimum atomic E-state index is -0.837. The molecule has 1 unspecified atom stereocenters. The summed E-state index contributed by atoms with van der Waals surface area (Å²) in [6.45, 7) is 0. The molecule has 3 amide bonds. The van der Waals surface area contributed by atoms with Gasteiger partial charge in [-0.05, 0) is 61.4 Å². The summed E-state index contributed by atoms with van der Waals surface area (Å²) in [4.78, 5) is 42.6. The topological polar surface area (TPSA) is 90.7 Å². The smallest absolute Gasteiger partial charge is 0.257 e. The Morgan fingerprint density at radius 3 is 2.28 bits per heavy atom. The molecule has 0 radical (unpaired) electrons. The van der Waals surface area contributed by atoms with E-state index in [2.05, 4.69) is 0 Å². The van der Waals surface area contributed by atoms with Crippen molar-refractivity contribution in [1.82, 2.24) is 4.90 Å². The van der Waals surface area contributed by atoms with E-state index in [0.717, 1.165) is 37.0 Å². The summed E-state index contributed by atoms with van der Waals surface area (Å²) in [6.07, 6.45) is 4.68. The number of carbonyl (C=O) groups excluding carboxylic acids is 3. The number of anilines is 1. The van der Waals surface area contributed by atoms with Crippen molar-refractivity contribution in [2.45, 2.75) is 50.6 Å². The predicted molar refractivity (Wildman–Crippen MR) is 118 cm³/mol. The summed E-state index contributed by atoms with van der Waals surface area (Å²) in [6, 6.07) is 14.3. The van der Waals surface area contributed by atoms with Crippen LogP contribution in [0.4, 0.5) is 5.69 Å². The Morgan fingerprint density at radius 1 is 1.03 bits per heavy atom. The summed E-state index contributed by atoms with van der Waals surface area (Å²) in [7, 11) is 1.56. The number of nitriles is 1. The van der Waals surface area contributed by atoms with Crippen LogP contribution in [-0.4, -0.2) is 41.8 Å². The largest absolute Gasteiger partial charge is 0.497 e. The molecule has 7 nitrogen and oxygen atoms in total. The van der Waals surface area contributed by atoms with Crippen molar-refractivity contribution in [2.24, 2.45) is 0 Å². The van der Waals surface area contributed by atoms with Gasteiger partial charge in [-0.3, -0.25) is 14.4 Å². The van der Waals surface area contributed by atoms with Gasteiger partial charge in [0.25, 0.3) is 11.8 Å². The van der Waals surface area contributed by atoms with Gasteiger partial charge < -0.3 is 9.64 Å². The fraction of sp³-hybridized carbons (Fsp3) is 0.360. The molecule has 2 fully saturated rings. The monoisotopic (exact) mass is 431 g/mol. The number of methoxy groups -OCH3 is 1. The molecule has 0 aromatic heterocycles. The van der Waals surface area contributed by atoms with E-state index >= 15 is 0 Å². The maximum Gasteiger partial charge on any atom is 0.257 e. The second-order valence-corrected chi connectivity index (χ2v) is 8.18. The quantitative estimate of drug-likeness (QED) is 0.674. The predicted octanol–water partition coefficient (Wildman–Crippen LogP) is 3.67. The van der Waals surface area contributed by atoms with Gasteiger partial charge in [-0.2, -0.15) is 5.26 Å². The third-order valence-corrected chi connectivity index (χ3v) is 6.25. The van der Waals surface area contributed by atoms with Crippen LogP contribution in [0.25, 0.3) is 0 Å². The van der Waals surface area contributed by atoms with E-state index in [9.17, 15) is 14.4 Å². The van der Waals surface area contributed by atoms with Crippen LogP contribution in [0.1, 0.15) is 54.4 Å². The van der Waals surface area contributed by atoms with Gasteiger partial charge in [0.15, 0.2) is 0 Å². The summed E-state index contributed by atoms with van der Waals surface area (Å²) in [5.74, 6) is -0.336. The molecule has 2 aromatic carbocycles. The molecular weight excluding hydrogens is 406 g/mol. The van der Waals surface area contributed by atoms with Crippen LogP contribution in [0.5, 0.6) is 5.75 Å². The molecule has 2 aliphatic rings. The fourth-order valence-corrected chi connectivity index (χ4v) is 4.59. The molecule has 1 aliphatic heterocycles. The first-order chi connectivity index (χ1) is 15.5. The van der Waals surface area contributed by atoms with Crippen LogP contribution < -0.4 is 9.64 Å². The van der Waals surface area contributed by atoms with Gasteiger partial charge in [-0.15, -0.1) is 0 Å². The molecule has 0 N–H and O–H groups in total. The van der Waals surface area contributed by atoms with E-state index in [4.69, 9.17) is 10.00 Å². The lowest BCUT2D eigenvalue weighted by molar-refractivity contribution is -0.123. The van der Waals surface area contributed by atoms with Gasteiger partial charge in [-0.1, -0.05) is 19.3 Å². The lowest BCUT2D eigenvalue weighted by Crippen LogP contribution is -2.51. The maximum atomic E-state index is 13.6. The highest BCUT2D eigenvalue weighted by molar-refractivity contribution is 6.23. The normalized spacial score (nSPS) is 19.0. The molecule has 7 heteroatoms. The van der Waals surface area contributed by atoms with Gasteiger partial charge >= 0.3 is 0 Å². The molecule has 0 bridgehead atoms. The number of hydrogen-bond acceptors (Lipinski definition) is 5. The molecule has 1 saturated carbocycles. The van der Waals surface area contributed by atoms with E-state index < -0.39 is 11.9 Å². The lowest BCUT2D eigenvalue weighted by atomic mass is 9.92. The fourth-order valence-electron chi connectivity index (χ4n) is 4.59. The number of carbonyl (C=O) groups is 3. The number of hydrogen-bond donors (Lipinski definition) is 0. The molecule has 1 saturated heterocycles. The van der Waals surface area contributed by atoms with Crippen LogP contribution in [-0.2, 0) is 9.59 Å². The minimum absolute atomic E-state index is 0.0444. The Hall–Kier alpha value is -3.66. The zero-order valence-electron chi connectivity index (χ0n) is 18.0. The Bertz CT molecular complexity index is 1050. The standard InChI is InChI=1S/C25H25N3O4/c1-32-21-13-9-18(10-14-21)24(30)27(19-5-3-2-4-6-19)22-15-23(29)28(25(22)31)20-11-7-17(16-26)8-12-20/h7-14,19,22H,2-6,15H2,1H3. The molecule has 164 valence electrons. The van der Waals surface area contributed by atoms with Crippen molar-refractivity contribution < 1.29 is 19.1 Å². The number of amides is 3. The Kier molecular flexibility index (Phi) is 6.22. The number of rotatable bonds is 5. The summed E-state index contributed by atoms with van der Waals surface area (Å²) < 4.78 is 5.19. The van der Waals surface area contributed by atoms with Crippen molar-refractivity contribution in [3.05, 3.63) is 59.7 Å². The third kappa shape index (κ3) is 4.09. The van der Waals surface area contributed by atoms with Gasteiger partial charge in [0, 0.05) is 11.6 Å². The SMILES string of the molecule is COc1ccc(C(=O)N(C2CCCCC2)C2CC(=O)N(c3ccc(C#N)cc3)C2=O)cc1. The van der Waals surface area contributed by atoms with E-state index in [0.29, 0.717) is 22.6 Å². The van der Waals surface area contributed by atoms with Crippen LogP contribution in [0, 0.1) is 11.3 Å². The van der Waals surface area contributed by atoms with E-state index in [-0.39, 0.29) is 24.3 Å². The minimum Gasteiger partial charge on any atom is -0.497 e. The average Bonchev–Trinajstić information content (AvgIpc) is 3.13. The van der Waals surface area contributed by atoms with Crippen molar-refractivity contribution in [1.29, 1.82) is 5.26 Å². The van der Waals surface area contributed by atoms with Gasteiger partial charge in [0.2, 0.25) is 5.91 Å². The summed E-state index contributed by atoms with van der Waals surface area (Å²) in [5, 5.41) is 9.01. The highest BCUT2D eigenvalue weighted by atomic mass is 16.5. The maximum absolute atomic E-state index is 13.6. The van der Waals surface area contributed by atoms with Gasteiger partial charge in [-0.25, -0.2) is 4.90 Å². The van der Waals surface area contributed by atoms with E-state index in [1.807, 2.05) is 6.07 Å². The second-order valence-electron chi connectivity index (χ2n) is 8.18. The Morgan fingerprint density at radius 2 is 1.69 bits per heavy atom. The molecule has 4 rings (SSSR count). The number of benzene rings is 2. The number of nitrogens with zero attached hydrogens (tertiary/aromatic N) is 3. The Labute approximate surface area is 187 Å². The molecule has 1 aliphatic carbocycles. The molecule has 32 heavy (non-hydrogen) atoms. The first kappa shape index (κ1) is 21.6. The summed E-state index contributed by atoms with van der Waals surface area (Å²) >= 11 is 0. The molecule has 2 aromatic rings. The Balaban J connectivity index is 1.65. The highest BCUT2D eigenvalue weighted by Gasteiger charge is 2.46. The third-order valence-electron chi connectivity index (χ3n) is 6.25.